The molecule has 0 heterocycles. The Morgan fingerprint density at radius 3 is 1.26 bits per heavy atom. The molecule has 0 aliphatic heterocycles. The molecule has 0 bridgehead atoms. The number of hydrogen-bond acceptors (Lipinski definition) is 0. The van der Waals surface area contributed by atoms with Crippen LogP contribution in [0.2, 0.25) is 0 Å². The number of rotatable bonds is 24. The molecule has 0 radical (unpaired) electrons. The maximum atomic E-state index is 4.45. The SMILES string of the molecule is CCCCCCCC[PH](CCCCCCCC)(CCCCCCCC)P(Br)Cc1ccccc1. The normalized spacial score (nSPS) is 13.3. The first-order valence-electron chi connectivity index (χ1n) is 15.2. The van der Waals surface area contributed by atoms with E-state index in [4.69, 9.17) is 0 Å². The molecule has 0 nitrogen and oxygen atoms in total. The molecule has 1 atom stereocenters. The Labute approximate surface area is 225 Å². The van der Waals surface area contributed by atoms with Gasteiger partial charge >= 0.3 is 226 Å². The van der Waals surface area contributed by atoms with Crippen molar-refractivity contribution >= 4 is 28.8 Å². The van der Waals surface area contributed by atoms with E-state index in [-0.39, 0.29) is 6.31 Å². The summed E-state index contributed by atoms with van der Waals surface area (Å²) in [4.78, 5) is 0. The van der Waals surface area contributed by atoms with Gasteiger partial charge in [-0.15, -0.1) is 0 Å². The molecular formula is C31H59BrP2. The summed E-state index contributed by atoms with van der Waals surface area (Å²) >= 11 is 4.45. The van der Waals surface area contributed by atoms with Crippen molar-refractivity contribution in [2.75, 3.05) is 18.5 Å². The van der Waals surface area contributed by atoms with Gasteiger partial charge in [0.1, 0.15) is 0 Å². The topological polar surface area (TPSA) is 0 Å². The van der Waals surface area contributed by atoms with Gasteiger partial charge in [-0.25, -0.2) is 0 Å². The zero-order chi connectivity index (χ0) is 24.7. The quantitative estimate of drug-likeness (QED) is 0.0852. The van der Waals surface area contributed by atoms with Gasteiger partial charge in [0.25, 0.3) is 0 Å². The molecule has 1 aromatic rings. The molecule has 3 heteroatoms. The summed E-state index contributed by atoms with van der Waals surface area (Å²) in [5, 5.41) is 0. The molecule has 0 spiro atoms. The molecule has 1 aromatic carbocycles. The van der Waals surface area contributed by atoms with Crippen LogP contribution in [0.3, 0.4) is 0 Å². The van der Waals surface area contributed by atoms with Crippen molar-refractivity contribution < 1.29 is 0 Å². The zero-order valence-electron chi connectivity index (χ0n) is 23.3. The van der Waals surface area contributed by atoms with Gasteiger partial charge < -0.3 is 0 Å². The molecule has 0 amide bonds. The fourth-order valence-electron chi connectivity index (χ4n) is 5.35. The Hall–Kier alpha value is 0.560. The van der Waals surface area contributed by atoms with Crippen LogP contribution in [0.4, 0.5) is 0 Å². The first-order valence-corrected chi connectivity index (χ1v) is 22.2. The average molecular weight is 574 g/mol. The van der Waals surface area contributed by atoms with E-state index in [1.165, 1.54) is 122 Å². The number of benzene rings is 1. The molecule has 1 rings (SSSR count). The van der Waals surface area contributed by atoms with Crippen LogP contribution in [-0.4, -0.2) is 18.5 Å². The summed E-state index contributed by atoms with van der Waals surface area (Å²) in [5.74, 6) is 0. The summed E-state index contributed by atoms with van der Waals surface area (Å²) < 4.78 is 0. The van der Waals surface area contributed by atoms with Crippen LogP contribution in [0.25, 0.3) is 0 Å². The predicted octanol–water partition coefficient (Wildman–Crippen LogP) is 12.7. The van der Waals surface area contributed by atoms with Crippen LogP contribution in [0, 0.1) is 0 Å². The molecule has 0 aliphatic carbocycles. The Morgan fingerprint density at radius 2 is 0.882 bits per heavy atom. The molecule has 1 unspecified atom stereocenters. The van der Waals surface area contributed by atoms with E-state index in [1.54, 1.807) is 24.0 Å². The van der Waals surface area contributed by atoms with Crippen LogP contribution in [-0.2, 0) is 6.16 Å². The minimum absolute atomic E-state index is 0.0359. The van der Waals surface area contributed by atoms with E-state index in [0.29, 0.717) is 0 Å². The second kappa shape index (κ2) is 22.7. The van der Waals surface area contributed by atoms with Gasteiger partial charge in [-0.3, -0.25) is 0 Å². The monoisotopic (exact) mass is 572 g/mol. The predicted molar refractivity (Wildman–Crippen MR) is 169 cm³/mol. The van der Waals surface area contributed by atoms with Crippen LogP contribution < -0.4 is 0 Å². The third kappa shape index (κ3) is 15.6. The summed E-state index contributed by atoms with van der Waals surface area (Å²) in [5.41, 5.74) is 1.57. The van der Waals surface area contributed by atoms with Gasteiger partial charge in [0.05, 0.1) is 0 Å². The van der Waals surface area contributed by atoms with E-state index in [9.17, 15) is 0 Å². The van der Waals surface area contributed by atoms with Crippen molar-refractivity contribution in [3.05, 3.63) is 35.9 Å². The molecular weight excluding hydrogens is 514 g/mol. The first-order chi connectivity index (χ1) is 16.7. The zero-order valence-corrected chi connectivity index (χ0v) is 26.7. The van der Waals surface area contributed by atoms with Crippen LogP contribution in [0.1, 0.15) is 142 Å². The summed E-state index contributed by atoms with van der Waals surface area (Å²) in [6.45, 7) is 5.70. The third-order valence-corrected chi connectivity index (χ3v) is 26.3. The van der Waals surface area contributed by atoms with Gasteiger partial charge in [0, 0.05) is 0 Å². The molecule has 0 saturated heterocycles. The van der Waals surface area contributed by atoms with Crippen molar-refractivity contribution in [2.24, 2.45) is 0 Å². The molecule has 0 saturated carbocycles. The molecule has 34 heavy (non-hydrogen) atoms. The third-order valence-electron chi connectivity index (χ3n) is 7.67. The molecule has 0 aliphatic rings. The summed E-state index contributed by atoms with van der Waals surface area (Å²) in [7, 11) is 0. The molecule has 0 aromatic heterocycles. The second-order valence-electron chi connectivity index (χ2n) is 10.8. The van der Waals surface area contributed by atoms with Crippen molar-refractivity contribution in [3.8, 4) is 0 Å². The summed E-state index contributed by atoms with van der Waals surface area (Å²) in [6.07, 6.45) is 32.1. The fraction of sp³-hybridized carbons (Fsp3) is 0.806. The first kappa shape index (κ1) is 32.6. The fourth-order valence-corrected chi connectivity index (χ4v) is 21.2. The van der Waals surface area contributed by atoms with Crippen molar-refractivity contribution in [2.45, 2.75) is 143 Å². The van der Waals surface area contributed by atoms with Gasteiger partial charge in [-0.2, -0.15) is 0 Å². The van der Waals surface area contributed by atoms with E-state index >= 15 is 0 Å². The van der Waals surface area contributed by atoms with Crippen molar-refractivity contribution in [1.82, 2.24) is 0 Å². The number of halogens is 1. The standard InChI is InChI=1S/C31H59BrP2/c1-4-7-10-13-16-22-27-34(28-23-17-14-11-8-5-2,29-24-18-15-12-9-6-3)33(32)30-31-25-20-19-21-26-31/h19-21,25-26,34H,4-18,22-24,27-30H2,1-3H3. The Kier molecular flexibility index (Phi) is 21.8. The summed E-state index contributed by atoms with van der Waals surface area (Å²) in [6, 6.07) is 11.4. The van der Waals surface area contributed by atoms with E-state index in [1.807, 2.05) is 0 Å². The van der Waals surface area contributed by atoms with Crippen molar-refractivity contribution in [1.29, 1.82) is 0 Å². The Balaban J connectivity index is 2.80. The second-order valence-corrected chi connectivity index (χ2v) is 24.8. The molecule has 0 fully saturated rings. The average Bonchev–Trinajstić information content (AvgIpc) is 2.85. The van der Waals surface area contributed by atoms with E-state index in [0.717, 1.165) is 0 Å². The molecule has 0 N–H and O–H groups in total. The number of unbranched alkanes of at least 4 members (excludes halogenated alkanes) is 15. The Bertz CT molecular complexity index is 507. The van der Waals surface area contributed by atoms with Crippen LogP contribution >= 0.6 is 28.8 Å². The van der Waals surface area contributed by atoms with E-state index in [2.05, 4.69) is 66.6 Å². The van der Waals surface area contributed by atoms with Gasteiger partial charge in [0.15, 0.2) is 0 Å². The van der Waals surface area contributed by atoms with Crippen LogP contribution in [0.15, 0.2) is 30.3 Å². The Morgan fingerprint density at radius 1 is 0.529 bits per heavy atom. The van der Waals surface area contributed by atoms with Gasteiger partial charge in [0.2, 0.25) is 0 Å². The van der Waals surface area contributed by atoms with Crippen LogP contribution in [0.5, 0.6) is 0 Å². The number of hydrogen-bond donors (Lipinski definition) is 0. The van der Waals surface area contributed by atoms with Crippen molar-refractivity contribution in [3.63, 3.8) is 0 Å². The van der Waals surface area contributed by atoms with Gasteiger partial charge in [-0.1, -0.05) is 0 Å². The van der Waals surface area contributed by atoms with E-state index < -0.39 is 6.95 Å². The molecule has 200 valence electrons. The maximum absolute atomic E-state index is 4.45. The minimum atomic E-state index is -1.31. The van der Waals surface area contributed by atoms with Gasteiger partial charge in [-0.05, 0) is 0 Å².